The van der Waals surface area contributed by atoms with Gasteiger partial charge in [-0.3, -0.25) is 14.5 Å². The molecule has 174 valence electrons. The smallest absolute Gasteiger partial charge is 0.229 e. The third-order valence-electron chi connectivity index (χ3n) is 7.05. The van der Waals surface area contributed by atoms with Crippen LogP contribution in [0.25, 0.3) is 22.6 Å². The number of fused-ring (bicyclic) bond motifs is 1. The molecule has 1 saturated heterocycles. The van der Waals surface area contributed by atoms with E-state index in [-0.39, 0.29) is 36.5 Å². The van der Waals surface area contributed by atoms with E-state index in [1.54, 1.807) is 18.3 Å². The van der Waals surface area contributed by atoms with Gasteiger partial charge in [-0.05, 0) is 56.0 Å². The van der Waals surface area contributed by atoms with Gasteiger partial charge >= 0.3 is 0 Å². The minimum absolute atomic E-state index is 0.0873. The van der Waals surface area contributed by atoms with Crippen LogP contribution in [0.4, 0.5) is 10.3 Å². The van der Waals surface area contributed by atoms with Crippen LogP contribution in [0.1, 0.15) is 50.4 Å². The molecule has 1 aromatic carbocycles. The molecule has 1 aliphatic carbocycles. The molecule has 2 fully saturated rings. The van der Waals surface area contributed by atoms with Crippen LogP contribution in [0.5, 0.6) is 0 Å². The maximum atomic E-state index is 13.6. The molecule has 6 rings (SSSR count). The average Bonchev–Trinajstić information content (AvgIpc) is 3.47. The summed E-state index contributed by atoms with van der Waals surface area (Å²) < 4.78 is 15.8. The molecule has 9 heteroatoms. The number of aryl methyl sites for hydroxylation is 1. The number of aromatic nitrogens is 4. The number of imidazole rings is 1. The van der Waals surface area contributed by atoms with Crippen LogP contribution in [0.15, 0.2) is 36.5 Å². The second-order valence-electron chi connectivity index (χ2n) is 9.23. The highest BCUT2D eigenvalue weighted by Crippen LogP contribution is 2.40. The van der Waals surface area contributed by atoms with Gasteiger partial charge in [-0.15, -0.1) is 0 Å². The summed E-state index contributed by atoms with van der Waals surface area (Å²) in [6.45, 7) is 0.329. The van der Waals surface area contributed by atoms with Crippen molar-refractivity contribution in [1.29, 1.82) is 0 Å². The minimum atomic E-state index is -0.310. The fourth-order valence-corrected chi connectivity index (χ4v) is 5.03. The molecular formula is C25H25FN6O2. The highest BCUT2D eigenvalue weighted by atomic mass is 19.1. The number of imide groups is 1. The Hall–Kier alpha value is -3.62. The number of nitrogens with one attached hydrogen (secondary N) is 1. The van der Waals surface area contributed by atoms with Crippen LogP contribution in [-0.2, 0) is 16.0 Å². The molecule has 2 amide bonds. The Kier molecular flexibility index (Phi) is 5.12. The summed E-state index contributed by atoms with van der Waals surface area (Å²) in [5.74, 6) is 0.906. The maximum Gasteiger partial charge on any atom is 0.229 e. The van der Waals surface area contributed by atoms with Crippen molar-refractivity contribution in [1.82, 2.24) is 24.4 Å². The monoisotopic (exact) mass is 460 g/mol. The van der Waals surface area contributed by atoms with E-state index in [4.69, 9.17) is 9.97 Å². The average molecular weight is 461 g/mol. The van der Waals surface area contributed by atoms with E-state index in [1.807, 2.05) is 6.07 Å². The summed E-state index contributed by atoms with van der Waals surface area (Å²) in [5.41, 5.74) is 3.02. The van der Waals surface area contributed by atoms with Gasteiger partial charge < -0.3 is 9.88 Å². The van der Waals surface area contributed by atoms with Crippen molar-refractivity contribution in [3.63, 3.8) is 0 Å². The van der Waals surface area contributed by atoms with E-state index in [2.05, 4.69) is 14.9 Å². The van der Waals surface area contributed by atoms with E-state index in [0.29, 0.717) is 29.9 Å². The summed E-state index contributed by atoms with van der Waals surface area (Å²) in [7, 11) is 0. The SMILES string of the molecule is O=C1CCC(=O)N1CC1CCc2nc(-c3ccc(F)cc3)c(-c3ccnc(NC4CCC4)n3)n21. The number of carbonyl (C=O) groups excluding carboxylic acids is 2. The number of hydrogen-bond acceptors (Lipinski definition) is 6. The van der Waals surface area contributed by atoms with Gasteiger partial charge in [0.15, 0.2) is 0 Å². The summed E-state index contributed by atoms with van der Waals surface area (Å²) in [5, 5.41) is 3.40. The Bertz CT molecular complexity index is 1250. The van der Waals surface area contributed by atoms with E-state index < -0.39 is 0 Å². The summed E-state index contributed by atoms with van der Waals surface area (Å²) in [6.07, 6.45) is 7.22. The Morgan fingerprint density at radius 2 is 1.74 bits per heavy atom. The molecule has 1 atom stereocenters. The number of hydrogen-bond donors (Lipinski definition) is 1. The molecule has 0 radical (unpaired) electrons. The lowest BCUT2D eigenvalue weighted by Gasteiger charge is -2.26. The quantitative estimate of drug-likeness (QED) is 0.564. The van der Waals surface area contributed by atoms with Crippen LogP contribution in [0.2, 0.25) is 0 Å². The van der Waals surface area contributed by atoms with Gasteiger partial charge in [0.25, 0.3) is 0 Å². The third-order valence-corrected chi connectivity index (χ3v) is 7.05. The molecule has 1 N–H and O–H groups in total. The van der Waals surface area contributed by atoms with Crippen LogP contribution in [-0.4, -0.2) is 48.8 Å². The maximum absolute atomic E-state index is 13.6. The van der Waals surface area contributed by atoms with Gasteiger partial charge in [0, 0.05) is 43.6 Å². The zero-order chi connectivity index (χ0) is 23.2. The first-order valence-electron chi connectivity index (χ1n) is 11.9. The van der Waals surface area contributed by atoms with Crippen molar-refractivity contribution in [3.8, 4) is 22.6 Å². The van der Waals surface area contributed by atoms with Gasteiger partial charge in [0.1, 0.15) is 11.6 Å². The van der Waals surface area contributed by atoms with Crippen LogP contribution in [0.3, 0.4) is 0 Å². The largest absolute Gasteiger partial charge is 0.351 e. The fraction of sp³-hybridized carbons (Fsp3) is 0.400. The number of anilines is 1. The topological polar surface area (TPSA) is 93.0 Å². The lowest BCUT2D eigenvalue weighted by atomic mass is 9.93. The minimum Gasteiger partial charge on any atom is -0.351 e. The fourth-order valence-electron chi connectivity index (χ4n) is 5.03. The highest BCUT2D eigenvalue weighted by molar-refractivity contribution is 6.02. The lowest BCUT2D eigenvalue weighted by molar-refractivity contribution is -0.138. The third kappa shape index (κ3) is 3.65. The normalized spacial score (nSPS) is 20.0. The van der Waals surface area contributed by atoms with Crippen molar-refractivity contribution in [3.05, 3.63) is 48.2 Å². The number of halogens is 1. The summed E-state index contributed by atoms with van der Waals surface area (Å²) >= 11 is 0. The van der Waals surface area contributed by atoms with Gasteiger partial charge in [-0.2, -0.15) is 0 Å². The second-order valence-corrected chi connectivity index (χ2v) is 9.23. The number of amides is 2. The van der Waals surface area contributed by atoms with E-state index in [0.717, 1.165) is 42.8 Å². The van der Waals surface area contributed by atoms with E-state index in [1.165, 1.54) is 23.5 Å². The number of nitrogens with zero attached hydrogens (tertiary/aromatic N) is 5. The Morgan fingerprint density at radius 1 is 0.971 bits per heavy atom. The van der Waals surface area contributed by atoms with Gasteiger partial charge in [0.2, 0.25) is 17.8 Å². The molecular weight excluding hydrogens is 435 g/mol. The molecule has 3 aromatic rings. The predicted octanol–water partition coefficient (Wildman–Crippen LogP) is 3.75. The van der Waals surface area contributed by atoms with Crippen molar-refractivity contribution >= 4 is 17.8 Å². The first-order valence-corrected chi connectivity index (χ1v) is 11.9. The number of rotatable bonds is 6. The standard InChI is InChI=1S/C25H25FN6O2/c26-16-6-4-15(5-7-16)23-24(19-12-13-27-25(29-19)28-17-2-1-3-17)32-18(8-9-20(32)30-23)14-31-21(33)10-11-22(31)34/h4-7,12-13,17-18H,1-3,8-11,14H2,(H,27,28,29). The Morgan fingerprint density at radius 3 is 2.44 bits per heavy atom. The van der Waals surface area contributed by atoms with Crippen molar-refractivity contribution in [2.45, 2.75) is 57.0 Å². The van der Waals surface area contributed by atoms with E-state index in [9.17, 15) is 14.0 Å². The Balaban J connectivity index is 1.43. The Labute approximate surface area is 196 Å². The van der Waals surface area contributed by atoms with Gasteiger partial charge in [-0.25, -0.2) is 19.3 Å². The number of carbonyl (C=O) groups is 2. The first kappa shape index (κ1) is 20.9. The number of likely N-dealkylation sites (tertiary alicyclic amines) is 1. The molecule has 2 aliphatic heterocycles. The molecule has 8 nitrogen and oxygen atoms in total. The molecule has 0 bridgehead atoms. The van der Waals surface area contributed by atoms with Crippen LogP contribution >= 0.6 is 0 Å². The van der Waals surface area contributed by atoms with E-state index >= 15 is 0 Å². The van der Waals surface area contributed by atoms with Gasteiger partial charge in [-0.1, -0.05) is 0 Å². The van der Waals surface area contributed by atoms with Gasteiger partial charge in [0.05, 0.1) is 23.1 Å². The second kappa shape index (κ2) is 8.30. The summed E-state index contributed by atoms with van der Waals surface area (Å²) in [6, 6.07) is 8.43. The first-order chi connectivity index (χ1) is 16.6. The molecule has 34 heavy (non-hydrogen) atoms. The molecule has 3 aliphatic rings. The zero-order valence-electron chi connectivity index (χ0n) is 18.7. The number of benzene rings is 1. The van der Waals surface area contributed by atoms with Crippen LogP contribution < -0.4 is 5.32 Å². The molecule has 1 unspecified atom stereocenters. The molecule has 2 aromatic heterocycles. The summed E-state index contributed by atoms with van der Waals surface area (Å²) in [4.78, 5) is 40.1. The van der Waals surface area contributed by atoms with Crippen molar-refractivity contribution in [2.75, 3.05) is 11.9 Å². The molecule has 4 heterocycles. The van der Waals surface area contributed by atoms with Crippen molar-refractivity contribution < 1.29 is 14.0 Å². The highest BCUT2D eigenvalue weighted by Gasteiger charge is 2.36. The molecule has 1 saturated carbocycles. The lowest BCUT2D eigenvalue weighted by Crippen LogP contribution is -2.34. The van der Waals surface area contributed by atoms with Crippen molar-refractivity contribution in [2.24, 2.45) is 0 Å². The zero-order valence-corrected chi connectivity index (χ0v) is 18.7. The van der Waals surface area contributed by atoms with Crippen LogP contribution in [0, 0.1) is 5.82 Å². The predicted molar refractivity (Wildman–Crippen MR) is 123 cm³/mol. The molecule has 0 spiro atoms.